The summed E-state index contributed by atoms with van der Waals surface area (Å²) in [5.74, 6) is 0.0582. The highest BCUT2D eigenvalue weighted by molar-refractivity contribution is 8.01. The number of fused-ring (bicyclic) bond motifs is 1. The summed E-state index contributed by atoms with van der Waals surface area (Å²) < 4.78 is 0.990. The monoisotopic (exact) mass is 291 g/mol. The maximum absolute atomic E-state index is 11.4. The second-order valence-electron chi connectivity index (χ2n) is 4.45. The van der Waals surface area contributed by atoms with Crippen molar-refractivity contribution in [2.75, 3.05) is 11.1 Å². The van der Waals surface area contributed by atoms with Gasteiger partial charge in [-0.15, -0.1) is 11.3 Å². The Morgan fingerprint density at radius 2 is 2.26 bits per heavy atom. The van der Waals surface area contributed by atoms with Crippen molar-refractivity contribution in [3.63, 3.8) is 0 Å². The number of nitrogens with zero attached hydrogens (tertiary/aromatic N) is 1. The Labute approximate surface area is 119 Å². The molecule has 6 heteroatoms. The topological polar surface area (TPSA) is 68.0 Å². The Kier molecular flexibility index (Phi) is 3.20. The fourth-order valence-electron chi connectivity index (χ4n) is 1.98. The van der Waals surface area contributed by atoms with Crippen LogP contribution in [0.2, 0.25) is 0 Å². The van der Waals surface area contributed by atoms with Crippen molar-refractivity contribution in [1.29, 1.82) is 0 Å². The molecule has 0 spiro atoms. The predicted molar refractivity (Wildman–Crippen MR) is 78.8 cm³/mol. The number of benzene rings is 1. The van der Waals surface area contributed by atoms with Crippen LogP contribution in [-0.2, 0) is 11.2 Å². The van der Waals surface area contributed by atoms with Crippen LogP contribution in [0.1, 0.15) is 17.7 Å². The fourth-order valence-corrected chi connectivity index (χ4v) is 3.87. The number of hydrogen-bond donors (Lipinski definition) is 2. The highest BCUT2D eigenvalue weighted by atomic mass is 32.2. The Bertz CT molecular complexity index is 651. The molecule has 0 fully saturated rings. The minimum Gasteiger partial charge on any atom is -0.398 e. The van der Waals surface area contributed by atoms with Gasteiger partial charge in [0.2, 0.25) is 5.91 Å². The van der Waals surface area contributed by atoms with Gasteiger partial charge in [-0.2, -0.15) is 0 Å². The number of nitrogen functional groups attached to an aromatic ring is 1. The number of carbonyl (C=O) groups is 1. The molecule has 4 nitrogen and oxygen atoms in total. The van der Waals surface area contributed by atoms with Crippen molar-refractivity contribution in [3.8, 4) is 0 Å². The Morgan fingerprint density at radius 3 is 3.00 bits per heavy atom. The lowest BCUT2D eigenvalue weighted by atomic mass is 10.0. The number of nitrogens with one attached hydrogen (secondary N) is 1. The lowest BCUT2D eigenvalue weighted by Crippen LogP contribution is -2.19. The van der Waals surface area contributed by atoms with Crippen LogP contribution in [0.3, 0.4) is 0 Å². The van der Waals surface area contributed by atoms with Gasteiger partial charge in [0.05, 0.1) is 0 Å². The first-order valence-corrected chi connectivity index (χ1v) is 7.63. The molecule has 1 aromatic carbocycles. The lowest BCUT2D eigenvalue weighted by Gasteiger charge is -2.18. The number of carbonyl (C=O) groups excluding carboxylic acids is 1. The third-order valence-electron chi connectivity index (χ3n) is 2.93. The fraction of sp³-hybridized carbons (Fsp3) is 0.231. The summed E-state index contributed by atoms with van der Waals surface area (Å²) in [6, 6.07) is 3.90. The molecule has 1 aliphatic rings. The van der Waals surface area contributed by atoms with E-state index >= 15 is 0 Å². The van der Waals surface area contributed by atoms with E-state index in [9.17, 15) is 4.79 Å². The number of anilines is 2. The molecule has 2 heterocycles. The Morgan fingerprint density at radius 1 is 1.42 bits per heavy atom. The van der Waals surface area contributed by atoms with Gasteiger partial charge in [0.15, 0.2) is 4.34 Å². The van der Waals surface area contributed by atoms with Crippen LogP contribution in [0.15, 0.2) is 26.7 Å². The molecule has 3 N–H and O–H groups in total. The summed E-state index contributed by atoms with van der Waals surface area (Å²) in [5, 5.41) is 4.88. The van der Waals surface area contributed by atoms with Crippen molar-refractivity contribution in [2.45, 2.75) is 29.0 Å². The van der Waals surface area contributed by atoms with Crippen molar-refractivity contribution >= 4 is 40.4 Å². The zero-order valence-corrected chi connectivity index (χ0v) is 12.0. The maximum atomic E-state index is 11.4. The number of aryl methyl sites for hydroxylation is 2. The SMILES string of the molecule is Cc1csc(Sc2cc3c(cc2N)NC(=O)CC3)n1. The Hall–Kier alpha value is -1.53. The molecule has 1 aliphatic heterocycles. The van der Waals surface area contributed by atoms with Gasteiger partial charge < -0.3 is 11.1 Å². The summed E-state index contributed by atoms with van der Waals surface area (Å²) in [4.78, 5) is 16.8. The number of rotatable bonds is 2. The van der Waals surface area contributed by atoms with Gasteiger partial charge in [-0.05, 0) is 31.0 Å². The van der Waals surface area contributed by atoms with Crippen LogP contribution in [0.5, 0.6) is 0 Å². The van der Waals surface area contributed by atoms with Crippen LogP contribution in [-0.4, -0.2) is 10.9 Å². The molecule has 3 rings (SSSR count). The van der Waals surface area contributed by atoms with Crippen molar-refractivity contribution in [1.82, 2.24) is 4.98 Å². The third-order valence-corrected chi connectivity index (χ3v) is 5.06. The summed E-state index contributed by atoms with van der Waals surface area (Å²) in [6.45, 7) is 1.98. The average molecular weight is 291 g/mol. The minimum absolute atomic E-state index is 0.0582. The van der Waals surface area contributed by atoms with E-state index < -0.39 is 0 Å². The molecule has 0 saturated carbocycles. The standard InChI is InChI=1S/C13H13N3OS2/c1-7-6-18-13(15-7)19-11-4-8-2-3-12(17)16-10(8)5-9(11)14/h4-6H,2-3,14H2,1H3,(H,16,17). The molecule has 0 saturated heterocycles. The molecular weight excluding hydrogens is 278 g/mol. The van der Waals surface area contributed by atoms with E-state index in [1.165, 1.54) is 0 Å². The molecule has 2 aromatic rings. The zero-order valence-electron chi connectivity index (χ0n) is 10.4. The number of aromatic nitrogens is 1. The lowest BCUT2D eigenvalue weighted by molar-refractivity contribution is -0.116. The number of thiazole rings is 1. The molecule has 0 atom stereocenters. The molecule has 19 heavy (non-hydrogen) atoms. The van der Waals surface area contributed by atoms with Crippen molar-refractivity contribution in [2.24, 2.45) is 0 Å². The summed E-state index contributed by atoms with van der Waals surface area (Å²) in [5.41, 5.74) is 9.74. The summed E-state index contributed by atoms with van der Waals surface area (Å²) in [7, 11) is 0. The molecular formula is C13H13N3OS2. The number of hydrogen-bond acceptors (Lipinski definition) is 5. The van der Waals surface area contributed by atoms with Gasteiger partial charge in [0.1, 0.15) is 0 Å². The van der Waals surface area contributed by atoms with E-state index in [1.807, 2.05) is 18.4 Å². The molecule has 0 unspecified atom stereocenters. The quantitative estimate of drug-likeness (QED) is 0.834. The minimum atomic E-state index is 0.0582. The van der Waals surface area contributed by atoms with Crippen LogP contribution in [0, 0.1) is 6.92 Å². The highest BCUT2D eigenvalue weighted by Crippen LogP contribution is 2.38. The van der Waals surface area contributed by atoms with E-state index in [1.54, 1.807) is 23.1 Å². The second-order valence-corrected chi connectivity index (χ2v) is 6.60. The molecule has 98 valence electrons. The van der Waals surface area contributed by atoms with E-state index in [4.69, 9.17) is 5.73 Å². The van der Waals surface area contributed by atoms with Crippen LogP contribution in [0.25, 0.3) is 0 Å². The predicted octanol–water partition coefficient (Wildman–Crippen LogP) is 3.07. The Balaban J connectivity index is 1.92. The first-order chi connectivity index (χ1) is 9.11. The zero-order chi connectivity index (χ0) is 13.4. The van der Waals surface area contributed by atoms with Gasteiger partial charge in [-0.25, -0.2) is 4.98 Å². The van der Waals surface area contributed by atoms with Crippen LogP contribution < -0.4 is 11.1 Å². The van der Waals surface area contributed by atoms with E-state index in [2.05, 4.69) is 16.4 Å². The second kappa shape index (κ2) is 4.86. The number of nitrogens with two attached hydrogens (primary N) is 1. The van der Waals surface area contributed by atoms with Gasteiger partial charge in [0, 0.05) is 33.8 Å². The summed E-state index contributed by atoms with van der Waals surface area (Å²) >= 11 is 3.20. The highest BCUT2D eigenvalue weighted by Gasteiger charge is 2.17. The normalized spacial score (nSPS) is 14.1. The average Bonchev–Trinajstić information content (AvgIpc) is 2.76. The van der Waals surface area contributed by atoms with E-state index in [-0.39, 0.29) is 5.91 Å². The molecule has 1 amide bonds. The van der Waals surface area contributed by atoms with Gasteiger partial charge in [0.25, 0.3) is 0 Å². The molecule has 1 aromatic heterocycles. The van der Waals surface area contributed by atoms with E-state index in [0.29, 0.717) is 12.1 Å². The van der Waals surface area contributed by atoms with Gasteiger partial charge in [-0.3, -0.25) is 4.79 Å². The molecule has 0 radical (unpaired) electrons. The van der Waals surface area contributed by atoms with Gasteiger partial charge in [-0.1, -0.05) is 11.8 Å². The largest absolute Gasteiger partial charge is 0.398 e. The smallest absolute Gasteiger partial charge is 0.224 e. The van der Waals surface area contributed by atoms with E-state index in [0.717, 1.165) is 32.6 Å². The van der Waals surface area contributed by atoms with Gasteiger partial charge >= 0.3 is 0 Å². The molecule has 0 aliphatic carbocycles. The molecule has 0 bridgehead atoms. The number of amides is 1. The van der Waals surface area contributed by atoms with Crippen LogP contribution in [0.4, 0.5) is 11.4 Å². The summed E-state index contributed by atoms with van der Waals surface area (Å²) in [6.07, 6.45) is 1.31. The third kappa shape index (κ3) is 2.59. The van der Waals surface area contributed by atoms with Crippen LogP contribution >= 0.6 is 23.1 Å². The van der Waals surface area contributed by atoms with Crippen molar-refractivity contribution in [3.05, 3.63) is 28.8 Å². The first kappa shape index (κ1) is 12.5. The van der Waals surface area contributed by atoms with Crippen molar-refractivity contribution < 1.29 is 4.79 Å². The first-order valence-electron chi connectivity index (χ1n) is 5.94. The maximum Gasteiger partial charge on any atom is 0.224 e.